The second kappa shape index (κ2) is 8.21. The van der Waals surface area contributed by atoms with Crippen molar-refractivity contribution in [1.29, 1.82) is 0 Å². The fourth-order valence-corrected chi connectivity index (χ4v) is 1.90. The van der Waals surface area contributed by atoms with E-state index in [9.17, 15) is 0 Å². The minimum absolute atomic E-state index is 0.819. The Morgan fingerprint density at radius 3 is 2.43 bits per heavy atom. The minimum Gasteiger partial charge on any atom is -0.383 e. The number of nitrogens with one attached hydrogen (secondary N) is 1. The first-order valence-electron chi connectivity index (χ1n) is 5.85. The van der Waals surface area contributed by atoms with E-state index in [1.54, 1.807) is 7.11 Å². The zero-order chi connectivity index (χ0) is 10.1. The predicted molar refractivity (Wildman–Crippen MR) is 59.7 cm³/mol. The average Bonchev–Trinajstić information content (AvgIpc) is 2.46. The van der Waals surface area contributed by atoms with Crippen molar-refractivity contribution in [3.05, 3.63) is 0 Å². The van der Waals surface area contributed by atoms with E-state index in [1.165, 1.54) is 45.3 Å². The van der Waals surface area contributed by atoms with Gasteiger partial charge in [0, 0.05) is 26.7 Å². The van der Waals surface area contributed by atoms with Crippen LogP contribution in [0, 0.1) is 0 Å². The van der Waals surface area contributed by atoms with Crippen LogP contribution in [0.5, 0.6) is 0 Å². The smallest absolute Gasteiger partial charge is 0.0587 e. The van der Waals surface area contributed by atoms with Crippen LogP contribution in [-0.4, -0.2) is 51.3 Å². The highest BCUT2D eigenvalue weighted by atomic mass is 16.5. The number of methoxy groups -OCH3 is 1. The number of hydrogen-bond donors (Lipinski definition) is 1. The van der Waals surface area contributed by atoms with Gasteiger partial charge in [0.15, 0.2) is 0 Å². The molecule has 14 heavy (non-hydrogen) atoms. The van der Waals surface area contributed by atoms with Crippen molar-refractivity contribution in [3.63, 3.8) is 0 Å². The molecular weight excluding hydrogens is 176 g/mol. The van der Waals surface area contributed by atoms with Crippen LogP contribution in [-0.2, 0) is 4.74 Å². The minimum atomic E-state index is 0.819. The van der Waals surface area contributed by atoms with E-state index in [2.05, 4.69) is 10.2 Å². The lowest BCUT2D eigenvalue weighted by atomic mass is 10.2. The monoisotopic (exact) mass is 200 g/mol. The molecular formula is C11H24N2O. The Bertz CT molecular complexity index is 122. The van der Waals surface area contributed by atoms with Crippen molar-refractivity contribution in [1.82, 2.24) is 10.2 Å². The second-order valence-electron chi connectivity index (χ2n) is 4.00. The molecule has 1 heterocycles. The molecule has 0 unspecified atom stereocenters. The first-order chi connectivity index (χ1) is 6.93. The van der Waals surface area contributed by atoms with Crippen LogP contribution in [0.3, 0.4) is 0 Å². The van der Waals surface area contributed by atoms with Gasteiger partial charge in [-0.25, -0.2) is 0 Å². The van der Waals surface area contributed by atoms with E-state index < -0.39 is 0 Å². The number of likely N-dealkylation sites (tertiary alicyclic amines) is 1. The summed E-state index contributed by atoms with van der Waals surface area (Å²) in [6.07, 6.45) is 5.62. The number of ether oxygens (including phenoxy) is 1. The standard InChI is InChI=1S/C11H24N2O/c1-14-11-7-12-6-10-13-8-4-2-3-5-9-13/h12H,2-11H2,1H3. The van der Waals surface area contributed by atoms with Crippen molar-refractivity contribution in [2.24, 2.45) is 0 Å². The van der Waals surface area contributed by atoms with Crippen molar-refractivity contribution in [2.75, 3.05) is 46.4 Å². The lowest BCUT2D eigenvalue weighted by Gasteiger charge is -2.19. The Morgan fingerprint density at radius 1 is 1.07 bits per heavy atom. The van der Waals surface area contributed by atoms with Gasteiger partial charge >= 0.3 is 0 Å². The summed E-state index contributed by atoms with van der Waals surface area (Å²) in [5.74, 6) is 0. The summed E-state index contributed by atoms with van der Waals surface area (Å²) in [5, 5.41) is 3.39. The third-order valence-electron chi connectivity index (χ3n) is 2.79. The van der Waals surface area contributed by atoms with Crippen molar-refractivity contribution in [3.8, 4) is 0 Å². The van der Waals surface area contributed by atoms with E-state index >= 15 is 0 Å². The molecule has 3 heteroatoms. The zero-order valence-corrected chi connectivity index (χ0v) is 9.43. The summed E-state index contributed by atoms with van der Waals surface area (Å²) in [7, 11) is 1.75. The van der Waals surface area contributed by atoms with Gasteiger partial charge in [0.05, 0.1) is 6.61 Å². The maximum absolute atomic E-state index is 4.98. The van der Waals surface area contributed by atoms with Crippen LogP contribution in [0.1, 0.15) is 25.7 Å². The molecule has 1 saturated heterocycles. The lowest BCUT2D eigenvalue weighted by molar-refractivity contribution is 0.196. The number of rotatable bonds is 6. The predicted octanol–water partition coefficient (Wildman–Crippen LogP) is 1.10. The first kappa shape index (κ1) is 12.0. The molecule has 1 aliphatic heterocycles. The Kier molecular flexibility index (Phi) is 7.01. The van der Waals surface area contributed by atoms with E-state index in [0.717, 1.165) is 19.7 Å². The molecule has 0 aromatic carbocycles. The molecule has 0 atom stereocenters. The van der Waals surface area contributed by atoms with Gasteiger partial charge in [-0.1, -0.05) is 12.8 Å². The van der Waals surface area contributed by atoms with Gasteiger partial charge in [0.25, 0.3) is 0 Å². The maximum atomic E-state index is 4.98. The average molecular weight is 200 g/mol. The Labute approximate surface area is 87.8 Å². The quantitative estimate of drug-likeness (QED) is 0.650. The third-order valence-corrected chi connectivity index (χ3v) is 2.79. The molecule has 0 aromatic heterocycles. The van der Waals surface area contributed by atoms with Crippen LogP contribution < -0.4 is 5.32 Å². The van der Waals surface area contributed by atoms with Gasteiger partial charge in [-0.3, -0.25) is 0 Å². The SMILES string of the molecule is COCCNCCN1CCCCCC1. The Hall–Kier alpha value is -0.120. The molecule has 84 valence electrons. The van der Waals surface area contributed by atoms with Crippen LogP contribution >= 0.6 is 0 Å². The molecule has 1 fully saturated rings. The van der Waals surface area contributed by atoms with Crippen LogP contribution in [0.15, 0.2) is 0 Å². The molecule has 1 N–H and O–H groups in total. The molecule has 0 aromatic rings. The van der Waals surface area contributed by atoms with E-state index in [-0.39, 0.29) is 0 Å². The van der Waals surface area contributed by atoms with Gasteiger partial charge in [-0.2, -0.15) is 0 Å². The Morgan fingerprint density at radius 2 is 1.79 bits per heavy atom. The third kappa shape index (κ3) is 5.58. The summed E-state index contributed by atoms with van der Waals surface area (Å²) in [5.41, 5.74) is 0. The number of hydrogen-bond acceptors (Lipinski definition) is 3. The molecule has 0 aliphatic carbocycles. The van der Waals surface area contributed by atoms with Crippen LogP contribution in [0.2, 0.25) is 0 Å². The fraction of sp³-hybridized carbons (Fsp3) is 1.00. The molecule has 1 aliphatic rings. The molecule has 0 amide bonds. The summed E-state index contributed by atoms with van der Waals surface area (Å²) in [4.78, 5) is 2.58. The highest BCUT2D eigenvalue weighted by Crippen LogP contribution is 2.08. The molecule has 3 nitrogen and oxygen atoms in total. The summed E-state index contributed by atoms with van der Waals surface area (Å²) in [6.45, 7) is 6.69. The van der Waals surface area contributed by atoms with E-state index in [0.29, 0.717) is 0 Å². The van der Waals surface area contributed by atoms with E-state index in [4.69, 9.17) is 4.74 Å². The molecule has 0 saturated carbocycles. The first-order valence-corrected chi connectivity index (χ1v) is 5.85. The van der Waals surface area contributed by atoms with Gasteiger partial charge in [-0.15, -0.1) is 0 Å². The fourth-order valence-electron chi connectivity index (χ4n) is 1.90. The van der Waals surface area contributed by atoms with Gasteiger partial charge in [-0.05, 0) is 25.9 Å². The molecule has 0 spiro atoms. The van der Waals surface area contributed by atoms with Gasteiger partial charge in [0.2, 0.25) is 0 Å². The van der Waals surface area contributed by atoms with Crippen molar-refractivity contribution >= 4 is 0 Å². The normalized spacial score (nSPS) is 19.5. The van der Waals surface area contributed by atoms with Crippen molar-refractivity contribution in [2.45, 2.75) is 25.7 Å². The topological polar surface area (TPSA) is 24.5 Å². The molecule has 1 rings (SSSR count). The number of nitrogens with zero attached hydrogens (tertiary/aromatic N) is 1. The van der Waals surface area contributed by atoms with Gasteiger partial charge in [0.1, 0.15) is 0 Å². The largest absolute Gasteiger partial charge is 0.383 e. The second-order valence-corrected chi connectivity index (χ2v) is 4.00. The Balaban J connectivity index is 1.93. The summed E-state index contributed by atoms with van der Waals surface area (Å²) >= 11 is 0. The molecule has 0 radical (unpaired) electrons. The highest BCUT2D eigenvalue weighted by molar-refractivity contribution is 4.64. The van der Waals surface area contributed by atoms with E-state index in [1.807, 2.05) is 0 Å². The van der Waals surface area contributed by atoms with Crippen molar-refractivity contribution < 1.29 is 4.74 Å². The molecule has 0 bridgehead atoms. The summed E-state index contributed by atoms with van der Waals surface area (Å²) in [6, 6.07) is 0. The van der Waals surface area contributed by atoms with Crippen LogP contribution in [0.4, 0.5) is 0 Å². The van der Waals surface area contributed by atoms with Crippen LogP contribution in [0.25, 0.3) is 0 Å². The van der Waals surface area contributed by atoms with Gasteiger partial charge < -0.3 is 15.0 Å². The summed E-state index contributed by atoms with van der Waals surface area (Å²) < 4.78 is 4.98. The maximum Gasteiger partial charge on any atom is 0.0587 e. The highest BCUT2D eigenvalue weighted by Gasteiger charge is 2.07. The zero-order valence-electron chi connectivity index (χ0n) is 9.43. The lowest BCUT2D eigenvalue weighted by Crippen LogP contribution is -2.33.